The molecule has 2 fully saturated rings. The fraction of sp³-hybridized carbons (Fsp3) is 0.471. The Morgan fingerprint density at radius 2 is 1.90 bits per heavy atom. The van der Waals surface area contributed by atoms with Crippen LogP contribution in [0.4, 0.5) is 0 Å². The average molecular weight is 283 g/mol. The van der Waals surface area contributed by atoms with E-state index in [9.17, 15) is 4.79 Å². The summed E-state index contributed by atoms with van der Waals surface area (Å²) in [6.45, 7) is 5.82. The maximum Gasteiger partial charge on any atom is 0.270 e. The fourth-order valence-corrected chi connectivity index (χ4v) is 3.26. The summed E-state index contributed by atoms with van der Waals surface area (Å²) in [5.41, 5.74) is 2.98. The minimum atomic E-state index is 0.138. The molecule has 1 aliphatic carbocycles. The van der Waals surface area contributed by atoms with Crippen LogP contribution in [-0.2, 0) is 0 Å². The van der Waals surface area contributed by atoms with Gasteiger partial charge in [0.1, 0.15) is 5.69 Å². The molecule has 0 bridgehead atoms. The zero-order valence-corrected chi connectivity index (χ0v) is 12.4. The predicted octanol–water partition coefficient (Wildman–Crippen LogP) is 2.40. The van der Waals surface area contributed by atoms with E-state index >= 15 is 0 Å². The van der Waals surface area contributed by atoms with Crippen LogP contribution in [0.25, 0.3) is 10.9 Å². The maximum absolute atomic E-state index is 12.6. The van der Waals surface area contributed by atoms with E-state index < -0.39 is 0 Å². The van der Waals surface area contributed by atoms with Gasteiger partial charge in [-0.1, -0.05) is 12.1 Å². The van der Waals surface area contributed by atoms with Crippen molar-refractivity contribution in [3.63, 3.8) is 0 Å². The van der Waals surface area contributed by atoms with Crippen LogP contribution in [0.5, 0.6) is 0 Å². The molecule has 1 saturated carbocycles. The van der Waals surface area contributed by atoms with E-state index in [4.69, 9.17) is 0 Å². The van der Waals surface area contributed by atoms with Gasteiger partial charge in [-0.2, -0.15) is 0 Å². The van der Waals surface area contributed by atoms with E-state index in [0.29, 0.717) is 0 Å². The number of aromatic nitrogens is 1. The molecule has 2 aromatic rings. The number of rotatable bonds is 2. The number of carbonyl (C=O) groups is 1. The van der Waals surface area contributed by atoms with Crippen LogP contribution in [0.15, 0.2) is 24.3 Å². The fourth-order valence-electron chi connectivity index (χ4n) is 3.26. The standard InChI is InChI=1S/C17H21N3O/c1-12-2-3-13-11-16(18-15(13)10-12)17(21)20-8-6-19(7-9-20)14-4-5-14/h2-3,10-11,14,18H,4-9H2,1H3. The summed E-state index contributed by atoms with van der Waals surface area (Å²) < 4.78 is 0. The summed E-state index contributed by atoms with van der Waals surface area (Å²) >= 11 is 0. The van der Waals surface area contributed by atoms with Crippen molar-refractivity contribution < 1.29 is 4.79 Å². The van der Waals surface area contributed by atoms with E-state index in [1.807, 2.05) is 11.0 Å². The van der Waals surface area contributed by atoms with Crippen LogP contribution in [0, 0.1) is 6.92 Å². The summed E-state index contributed by atoms with van der Waals surface area (Å²) in [4.78, 5) is 20.4. The van der Waals surface area contributed by atoms with Gasteiger partial charge in [0.25, 0.3) is 5.91 Å². The number of benzene rings is 1. The maximum atomic E-state index is 12.6. The Kier molecular flexibility index (Phi) is 3.00. The molecule has 4 rings (SSSR count). The number of nitrogens with one attached hydrogen (secondary N) is 1. The third-order valence-electron chi connectivity index (χ3n) is 4.67. The lowest BCUT2D eigenvalue weighted by atomic mass is 10.2. The third kappa shape index (κ3) is 2.44. The molecule has 110 valence electrons. The zero-order chi connectivity index (χ0) is 14.4. The van der Waals surface area contributed by atoms with Gasteiger partial charge in [-0.05, 0) is 37.5 Å². The van der Waals surface area contributed by atoms with E-state index in [1.54, 1.807) is 0 Å². The summed E-state index contributed by atoms with van der Waals surface area (Å²) in [7, 11) is 0. The second-order valence-corrected chi connectivity index (χ2v) is 6.33. The number of aryl methyl sites for hydroxylation is 1. The van der Waals surface area contributed by atoms with Gasteiger partial charge in [-0.25, -0.2) is 0 Å². The van der Waals surface area contributed by atoms with Crippen molar-refractivity contribution in [2.45, 2.75) is 25.8 Å². The van der Waals surface area contributed by atoms with Crippen LogP contribution < -0.4 is 0 Å². The lowest BCUT2D eigenvalue weighted by molar-refractivity contribution is 0.0622. The molecular weight excluding hydrogens is 262 g/mol. The smallest absolute Gasteiger partial charge is 0.270 e. The zero-order valence-electron chi connectivity index (χ0n) is 12.4. The molecule has 0 radical (unpaired) electrons. The van der Waals surface area contributed by atoms with Crippen molar-refractivity contribution in [1.29, 1.82) is 0 Å². The molecule has 2 heterocycles. The number of hydrogen-bond acceptors (Lipinski definition) is 2. The van der Waals surface area contributed by atoms with E-state index in [2.05, 4.69) is 35.0 Å². The van der Waals surface area contributed by atoms with Crippen LogP contribution in [0.3, 0.4) is 0 Å². The highest BCUT2D eigenvalue weighted by atomic mass is 16.2. The first-order valence-corrected chi connectivity index (χ1v) is 7.83. The number of piperazine rings is 1. The highest BCUT2D eigenvalue weighted by Crippen LogP contribution is 2.27. The molecule has 2 aliphatic rings. The van der Waals surface area contributed by atoms with E-state index in [1.165, 1.54) is 18.4 Å². The first-order chi connectivity index (χ1) is 10.2. The van der Waals surface area contributed by atoms with Crippen molar-refractivity contribution in [3.05, 3.63) is 35.5 Å². The molecule has 1 aromatic carbocycles. The largest absolute Gasteiger partial charge is 0.351 e. The molecule has 1 N–H and O–H groups in total. The number of aromatic amines is 1. The molecule has 21 heavy (non-hydrogen) atoms. The first-order valence-electron chi connectivity index (χ1n) is 7.83. The Morgan fingerprint density at radius 3 is 2.62 bits per heavy atom. The molecule has 4 heteroatoms. The minimum Gasteiger partial charge on any atom is -0.351 e. The molecule has 1 aromatic heterocycles. The van der Waals surface area contributed by atoms with Crippen LogP contribution >= 0.6 is 0 Å². The van der Waals surface area contributed by atoms with Gasteiger partial charge in [0.15, 0.2) is 0 Å². The Bertz CT molecular complexity index is 678. The molecule has 0 spiro atoms. The van der Waals surface area contributed by atoms with Crippen molar-refractivity contribution in [3.8, 4) is 0 Å². The Balaban J connectivity index is 1.50. The third-order valence-corrected chi connectivity index (χ3v) is 4.67. The Morgan fingerprint density at radius 1 is 1.14 bits per heavy atom. The van der Waals surface area contributed by atoms with Gasteiger partial charge in [0.05, 0.1) is 0 Å². The summed E-state index contributed by atoms with van der Waals surface area (Å²) in [6, 6.07) is 9.03. The van der Waals surface area contributed by atoms with Gasteiger partial charge < -0.3 is 9.88 Å². The Labute approximate surface area is 124 Å². The predicted molar refractivity (Wildman–Crippen MR) is 83.5 cm³/mol. The quantitative estimate of drug-likeness (QED) is 0.919. The van der Waals surface area contributed by atoms with Gasteiger partial charge in [-0.15, -0.1) is 0 Å². The van der Waals surface area contributed by atoms with Gasteiger partial charge in [0.2, 0.25) is 0 Å². The molecule has 1 saturated heterocycles. The number of fused-ring (bicyclic) bond motifs is 1. The highest BCUT2D eigenvalue weighted by Gasteiger charge is 2.32. The molecule has 4 nitrogen and oxygen atoms in total. The van der Waals surface area contributed by atoms with Crippen LogP contribution in [-0.4, -0.2) is 52.9 Å². The number of H-pyrrole nitrogens is 1. The molecular formula is C17H21N3O. The lowest BCUT2D eigenvalue weighted by Gasteiger charge is -2.34. The van der Waals surface area contributed by atoms with Gasteiger partial charge in [0, 0.05) is 43.1 Å². The van der Waals surface area contributed by atoms with Crippen molar-refractivity contribution in [1.82, 2.24) is 14.8 Å². The second kappa shape index (κ2) is 4.88. The molecule has 0 atom stereocenters. The van der Waals surface area contributed by atoms with Crippen molar-refractivity contribution in [2.75, 3.05) is 26.2 Å². The molecule has 1 aliphatic heterocycles. The van der Waals surface area contributed by atoms with Crippen LogP contribution in [0.1, 0.15) is 28.9 Å². The van der Waals surface area contributed by atoms with E-state index in [0.717, 1.165) is 48.8 Å². The summed E-state index contributed by atoms with van der Waals surface area (Å²) in [5.74, 6) is 0.138. The second-order valence-electron chi connectivity index (χ2n) is 6.33. The van der Waals surface area contributed by atoms with Crippen molar-refractivity contribution >= 4 is 16.8 Å². The Hall–Kier alpha value is -1.81. The summed E-state index contributed by atoms with van der Waals surface area (Å²) in [6.07, 6.45) is 2.69. The SMILES string of the molecule is Cc1ccc2cc(C(=O)N3CCN(C4CC4)CC3)[nH]c2c1. The number of nitrogens with zero attached hydrogens (tertiary/aromatic N) is 2. The highest BCUT2D eigenvalue weighted by molar-refractivity contribution is 5.98. The normalized spacial score (nSPS) is 20.1. The first kappa shape index (κ1) is 12.9. The van der Waals surface area contributed by atoms with Crippen molar-refractivity contribution in [2.24, 2.45) is 0 Å². The van der Waals surface area contributed by atoms with Crippen LogP contribution in [0.2, 0.25) is 0 Å². The van der Waals surface area contributed by atoms with Gasteiger partial charge >= 0.3 is 0 Å². The molecule has 1 amide bonds. The summed E-state index contributed by atoms with van der Waals surface area (Å²) in [5, 5.41) is 1.11. The number of amides is 1. The number of hydrogen-bond donors (Lipinski definition) is 1. The molecule has 0 unspecified atom stereocenters. The van der Waals surface area contributed by atoms with E-state index in [-0.39, 0.29) is 5.91 Å². The average Bonchev–Trinajstić information content (AvgIpc) is 3.26. The monoisotopic (exact) mass is 283 g/mol. The lowest BCUT2D eigenvalue weighted by Crippen LogP contribution is -2.49. The number of carbonyl (C=O) groups excluding carboxylic acids is 1. The minimum absolute atomic E-state index is 0.138. The van der Waals surface area contributed by atoms with Gasteiger partial charge in [-0.3, -0.25) is 9.69 Å². The topological polar surface area (TPSA) is 39.3 Å².